The zero-order chi connectivity index (χ0) is 13.0. The summed E-state index contributed by atoms with van der Waals surface area (Å²) in [5.41, 5.74) is 1.05. The number of rotatable bonds is 4. The van der Waals surface area contributed by atoms with Crippen LogP contribution in [0.3, 0.4) is 0 Å². The molecule has 2 rings (SSSR count). The molecule has 1 aromatic rings. The Balaban J connectivity index is 1.96. The quantitative estimate of drug-likeness (QED) is 0.905. The highest BCUT2D eigenvalue weighted by molar-refractivity contribution is 7.89. The Kier molecular flexibility index (Phi) is 4.37. The Hall–Kier alpha value is -0.910. The van der Waals surface area contributed by atoms with Crippen molar-refractivity contribution in [2.45, 2.75) is 24.7 Å². The van der Waals surface area contributed by atoms with Crippen molar-refractivity contribution in [3.05, 3.63) is 29.8 Å². The summed E-state index contributed by atoms with van der Waals surface area (Å²) in [4.78, 5) is 0.333. The van der Waals surface area contributed by atoms with Gasteiger partial charge < -0.3 is 4.74 Å². The first-order valence-electron chi connectivity index (χ1n) is 6.22. The van der Waals surface area contributed by atoms with E-state index in [0.29, 0.717) is 17.4 Å². The monoisotopic (exact) mass is 269 g/mol. The fourth-order valence-corrected chi connectivity index (χ4v) is 3.10. The van der Waals surface area contributed by atoms with E-state index in [4.69, 9.17) is 4.74 Å². The molecule has 0 radical (unpaired) electrons. The third-order valence-electron chi connectivity index (χ3n) is 3.23. The van der Waals surface area contributed by atoms with Gasteiger partial charge in [-0.15, -0.1) is 0 Å². The summed E-state index contributed by atoms with van der Waals surface area (Å²) < 4.78 is 32.0. The second kappa shape index (κ2) is 5.82. The van der Waals surface area contributed by atoms with Crippen LogP contribution in [0.15, 0.2) is 29.2 Å². The molecule has 0 bridgehead atoms. The first kappa shape index (κ1) is 13.5. The molecule has 0 spiro atoms. The second-order valence-electron chi connectivity index (χ2n) is 4.72. The van der Waals surface area contributed by atoms with Crippen molar-refractivity contribution < 1.29 is 13.2 Å². The van der Waals surface area contributed by atoms with Crippen molar-refractivity contribution in [3.63, 3.8) is 0 Å². The van der Waals surface area contributed by atoms with Crippen LogP contribution in [-0.4, -0.2) is 28.2 Å². The van der Waals surface area contributed by atoms with Gasteiger partial charge in [0.15, 0.2) is 0 Å². The zero-order valence-electron chi connectivity index (χ0n) is 10.6. The molecule has 1 aliphatic rings. The topological polar surface area (TPSA) is 55.4 Å². The third-order valence-corrected chi connectivity index (χ3v) is 4.67. The predicted octanol–water partition coefficient (Wildman–Crippen LogP) is 1.70. The van der Waals surface area contributed by atoms with Crippen LogP contribution in [0.1, 0.15) is 18.4 Å². The highest BCUT2D eigenvalue weighted by Crippen LogP contribution is 2.15. The average molecular weight is 269 g/mol. The Morgan fingerprint density at radius 3 is 2.44 bits per heavy atom. The predicted molar refractivity (Wildman–Crippen MR) is 69.9 cm³/mol. The summed E-state index contributed by atoms with van der Waals surface area (Å²) in [5, 5.41) is 0. The van der Waals surface area contributed by atoms with Gasteiger partial charge in [0, 0.05) is 19.8 Å². The molecule has 18 heavy (non-hydrogen) atoms. The highest BCUT2D eigenvalue weighted by Gasteiger charge is 2.18. The molecule has 0 amide bonds. The molecule has 1 aliphatic heterocycles. The van der Waals surface area contributed by atoms with Crippen LogP contribution < -0.4 is 4.72 Å². The molecule has 1 saturated heterocycles. The van der Waals surface area contributed by atoms with E-state index in [0.717, 1.165) is 31.6 Å². The van der Waals surface area contributed by atoms with Crippen LogP contribution in [0.5, 0.6) is 0 Å². The van der Waals surface area contributed by atoms with Crippen LogP contribution in [0.4, 0.5) is 0 Å². The molecule has 0 aliphatic carbocycles. The number of ether oxygens (including phenoxy) is 1. The fraction of sp³-hybridized carbons (Fsp3) is 0.538. The van der Waals surface area contributed by atoms with Gasteiger partial charge in [0.05, 0.1) is 4.90 Å². The van der Waals surface area contributed by atoms with Gasteiger partial charge in [-0.3, -0.25) is 0 Å². The van der Waals surface area contributed by atoms with E-state index >= 15 is 0 Å². The molecule has 1 N–H and O–H groups in total. The van der Waals surface area contributed by atoms with Crippen LogP contribution in [0.25, 0.3) is 0 Å². The van der Waals surface area contributed by atoms with E-state index in [1.165, 1.54) is 0 Å². The SMILES string of the molecule is Cc1ccc(S(=O)(=O)NCC2CCOCC2)cc1. The van der Waals surface area contributed by atoms with Gasteiger partial charge in [0.1, 0.15) is 0 Å². The molecule has 1 fully saturated rings. The fourth-order valence-electron chi connectivity index (χ4n) is 1.98. The Bertz CT molecular complexity index is 475. The van der Waals surface area contributed by atoms with Crippen molar-refractivity contribution in [2.75, 3.05) is 19.8 Å². The van der Waals surface area contributed by atoms with Gasteiger partial charge in [0.25, 0.3) is 0 Å². The summed E-state index contributed by atoms with van der Waals surface area (Å²) in [6, 6.07) is 6.90. The lowest BCUT2D eigenvalue weighted by molar-refractivity contribution is 0.0678. The van der Waals surface area contributed by atoms with E-state index in [9.17, 15) is 8.42 Å². The first-order valence-corrected chi connectivity index (χ1v) is 7.70. The maximum atomic E-state index is 12.0. The van der Waals surface area contributed by atoms with E-state index in [2.05, 4.69) is 4.72 Å². The van der Waals surface area contributed by atoms with Crippen molar-refractivity contribution in [2.24, 2.45) is 5.92 Å². The van der Waals surface area contributed by atoms with Crippen LogP contribution in [0, 0.1) is 12.8 Å². The van der Waals surface area contributed by atoms with Crippen LogP contribution in [-0.2, 0) is 14.8 Å². The summed E-state index contributed by atoms with van der Waals surface area (Å²) in [7, 11) is -3.37. The molecule has 0 saturated carbocycles. The smallest absolute Gasteiger partial charge is 0.240 e. The maximum Gasteiger partial charge on any atom is 0.240 e. The van der Waals surface area contributed by atoms with Gasteiger partial charge in [0.2, 0.25) is 10.0 Å². The number of aryl methyl sites for hydroxylation is 1. The zero-order valence-corrected chi connectivity index (χ0v) is 11.4. The number of nitrogens with one attached hydrogen (secondary N) is 1. The lowest BCUT2D eigenvalue weighted by Gasteiger charge is -2.22. The Labute approximate surface area is 108 Å². The van der Waals surface area contributed by atoms with Crippen molar-refractivity contribution in [3.8, 4) is 0 Å². The summed E-state index contributed by atoms with van der Waals surface area (Å²) in [6.07, 6.45) is 1.85. The van der Waals surface area contributed by atoms with Gasteiger partial charge in [-0.2, -0.15) is 0 Å². The normalized spacial score (nSPS) is 17.8. The van der Waals surface area contributed by atoms with E-state index in [1.807, 2.05) is 19.1 Å². The number of benzene rings is 1. The van der Waals surface area contributed by atoms with Crippen molar-refractivity contribution >= 4 is 10.0 Å². The molecule has 0 atom stereocenters. The average Bonchev–Trinajstić information content (AvgIpc) is 2.38. The van der Waals surface area contributed by atoms with Crippen molar-refractivity contribution in [1.29, 1.82) is 0 Å². The van der Waals surface area contributed by atoms with E-state index in [1.54, 1.807) is 12.1 Å². The van der Waals surface area contributed by atoms with Gasteiger partial charge >= 0.3 is 0 Å². The highest BCUT2D eigenvalue weighted by atomic mass is 32.2. The number of hydrogen-bond donors (Lipinski definition) is 1. The minimum absolute atomic E-state index is 0.333. The number of sulfonamides is 1. The van der Waals surface area contributed by atoms with E-state index in [-0.39, 0.29) is 0 Å². The van der Waals surface area contributed by atoms with E-state index < -0.39 is 10.0 Å². The lowest BCUT2D eigenvalue weighted by Crippen LogP contribution is -2.32. The Morgan fingerprint density at radius 2 is 1.83 bits per heavy atom. The molecule has 1 heterocycles. The Morgan fingerprint density at radius 1 is 1.22 bits per heavy atom. The molecule has 1 aromatic carbocycles. The standard InChI is InChI=1S/C13H19NO3S/c1-11-2-4-13(5-3-11)18(15,16)14-10-12-6-8-17-9-7-12/h2-5,12,14H,6-10H2,1H3. The molecule has 0 aromatic heterocycles. The van der Waals surface area contributed by atoms with Gasteiger partial charge in [-0.25, -0.2) is 13.1 Å². The van der Waals surface area contributed by atoms with Crippen LogP contribution >= 0.6 is 0 Å². The number of hydrogen-bond acceptors (Lipinski definition) is 3. The van der Waals surface area contributed by atoms with Crippen LogP contribution in [0.2, 0.25) is 0 Å². The van der Waals surface area contributed by atoms with Crippen molar-refractivity contribution in [1.82, 2.24) is 4.72 Å². The molecule has 5 heteroatoms. The summed E-state index contributed by atoms with van der Waals surface area (Å²) in [6.45, 7) is 3.90. The largest absolute Gasteiger partial charge is 0.381 e. The minimum Gasteiger partial charge on any atom is -0.381 e. The summed E-state index contributed by atoms with van der Waals surface area (Å²) in [5.74, 6) is 0.388. The maximum absolute atomic E-state index is 12.0. The second-order valence-corrected chi connectivity index (χ2v) is 6.49. The van der Waals surface area contributed by atoms with Gasteiger partial charge in [-0.05, 0) is 37.8 Å². The molecular weight excluding hydrogens is 250 g/mol. The molecule has 4 nitrogen and oxygen atoms in total. The molecular formula is C13H19NO3S. The summed E-state index contributed by atoms with van der Waals surface area (Å²) >= 11 is 0. The molecule has 0 unspecified atom stereocenters. The lowest BCUT2D eigenvalue weighted by atomic mass is 10.0. The molecule has 100 valence electrons. The van der Waals surface area contributed by atoms with Gasteiger partial charge in [-0.1, -0.05) is 17.7 Å². The third kappa shape index (κ3) is 3.54. The first-order chi connectivity index (χ1) is 8.58. The minimum atomic E-state index is -3.37.